The van der Waals surface area contributed by atoms with Crippen molar-refractivity contribution in [1.29, 1.82) is 0 Å². The van der Waals surface area contributed by atoms with E-state index in [0.29, 0.717) is 6.42 Å². The highest BCUT2D eigenvalue weighted by Crippen LogP contribution is 2.15. The quantitative estimate of drug-likeness (QED) is 0.799. The molecule has 4 heteroatoms. The van der Waals surface area contributed by atoms with Crippen molar-refractivity contribution in [2.24, 2.45) is 0 Å². The van der Waals surface area contributed by atoms with Crippen molar-refractivity contribution in [2.45, 2.75) is 20.3 Å². The number of hydrogen-bond acceptors (Lipinski definition) is 2. The normalized spacial score (nSPS) is 10.5. The van der Waals surface area contributed by atoms with Crippen LogP contribution in [0.3, 0.4) is 0 Å². The van der Waals surface area contributed by atoms with E-state index < -0.39 is 0 Å². The van der Waals surface area contributed by atoms with E-state index >= 15 is 0 Å². The van der Waals surface area contributed by atoms with Gasteiger partial charge in [-0.05, 0) is 60.9 Å². The minimum Gasteiger partial charge on any atom is -0.326 e. The number of anilines is 1. The van der Waals surface area contributed by atoms with Crippen LogP contribution in [0, 0.1) is 13.8 Å². The fourth-order valence-corrected chi connectivity index (χ4v) is 2.40. The second kappa shape index (κ2) is 6.48. The molecule has 1 amide bonds. The van der Waals surface area contributed by atoms with Crippen LogP contribution in [0.1, 0.15) is 16.7 Å². The van der Waals surface area contributed by atoms with Crippen molar-refractivity contribution < 1.29 is 4.79 Å². The lowest BCUT2D eigenvalue weighted by molar-refractivity contribution is -0.115. The van der Waals surface area contributed by atoms with Crippen molar-refractivity contribution in [1.82, 2.24) is 9.78 Å². The molecule has 1 heterocycles. The third kappa shape index (κ3) is 3.66. The van der Waals surface area contributed by atoms with Gasteiger partial charge in [0.05, 0.1) is 12.1 Å². The molecule has 0 radical (unpaired) electrons. The van der Waals surface area contributed by atoms with Gasteiger partial charge in [0.2, 0.25) is 5.91 Å². The summed E-state index contributed by atoms with van der Waals surface area (Å²) in [5, 5.41) is 7.13. The second-order valence-corrected chi connectivity index (χ2v) is 5.64. The number of benzene rings is 2. The van der Waals surface area contributed by atoms with Gasteiger partial charge in [0, 0.05) is 18.1 Å². The molecular formula is C19H19N3O. The zero-order valence-corrected chi connectivity index (χ0v) is 13.3. The molecule has 0 aliphatic heterocycles. The number of amides is 1. The average molecular weight is 305 g/mol. The summed E-state index contributed by atoms with van der Waals surface area (Å²) in [5.41, 5.74) is 5.19. The molecular weight excluding hydrogens is 286 g/mol. The smallest absolute Gasteiger partial charge is 0.228 e. The van der Waals surface area contributed by atoms with E-state index in [1.54, 1.807) is 10.9 Å². The number of hydrogen-bond donors (Lipinski definition) is 1. The molecule has 0 saturated carbocycles. The van der Waals surface area contributed by atoms with E-state index in [9.17, 15) is 4.79 Å². The lowest BCUT2D eigenvalue weighted by atomic mass is 10.1. The molecule has 3 aromatic rings. The lowest BCUT2D eigenvalue weighted by Gasteiger charge is -2.08. The Morgan fingerprint density at radius 2 is 1.87 bits per heavy atom. The highest BCUT2D eigenvalue weighted by atomic mass is 16.1. The fourth-order valence-electron chi connectivity index (χ4n) is 2.40. The first-order chi connectivity index (χ1) is 11.1. The molecule has 0 unspecified atom stereocenters. The van der Waals surface area contributed by atoms with Crippen LogP contribution < -0.4 is 5.32 Å². The molecule has 116 valence electrons. The van der Waals surface area contributed by atoms with Crippen LogP contribution in [0.4, 0.5) is 5.69 Å². The summed E-state index contributed by atoms with van der Waals surface area (Å²) in [6, 6.07) is 15.7. The Morgan fingerprint density at radius 1 is 1.09 bits per heavy atom. The first-order valence-corrected chi connectivity index (χ1v) is 7.58. The molecule has 0 atom stereocenters. The van der Waals surface area contributed by atoms with Crippen molar-refractivity contribution in [3.8, 4) is 5.69 Å². The summed E-state index contributed by atoms with van der Waals surface area (Å²) in [6.07, 6.45) is 3.98. The molecule has 0 bridgehead atoms. The van der Waals surface area contributed by atoms with E-state index in [4.69, 9.17) is 0 Å². The van der Waals surface area contributed by atoms with Gasteiger partial charge in [0.1, 0.15) is 0 Å². The summed E-state index contributed by atoms with van der Waals surface area (Å²) in [7, 11) is 0. The van der Waals surface area contributed by atoms with Crippen molar-refractivity contribution in [3.05, 3.63) is 77.6 Å². The first kappa shape index (κ1) is 15.0. The third-order valence-electron chi connectivity index (χ3n) is 3.86. The molecule has 4 nitrogen and oxygen atoms in total. The zero-order chi connectivity index (χ0) is 16.2. The van der Waals surface area contributed by atoms with Crippen LogP contribution in [0.15, 0.2) is 60.9 Å². The van der Waals surface area contributed by atoms with E-state index in [-0.39, 0.29) is 5.91 Å². The molecule has 0 aliphatic rings. The topological polar surface area (TPSA) is 46.9 Å². The van der Waals surface area contributed by atoms with Gasteiger partial charge in [0.25, 0.3) is 0 Å². The highest BCUT2D eigenvalue weighted by molar-refractivity contribution is 5.92. The molecule has 0 saturated heterocycles. The summed E-state index contributed by atoms with van der Waals surface area (Å²) in [5.74, 6) is -0.0138. The number of carbonyl (C=O) groups excluding carboxylic acids is 1. The zero-order valence-electron chi connectivity index (χ0n) is 13.3. The van der Waals surface area contributed by atoms with Crippen molar-refractivity contribution >= 4 is 11.6 Å². The van der Waals surface area contributed by atoms with E-state index in [1.807, 2.05) is 61.7 Å². The van der Waals surface area contributed by atoms with Crippen LogP contribution in [-0.4, -0.2) is 15.7 Å². The molecule has 2 aromatic carbocycles. The third-order valence-corrected chi connectivity index (χ3v) is 3.86. The Morgan fingerprint density at radius 3 is 2.52 bits per heavy atom. The monoisotopic (exact) mass is 305 g/mol. The first-order valence-electron chi connectivity index (χ1n) is 7.58. The number of aromatic nitrogens is 2. The largest absolute Gasteiger partial charge is 0.326 e. The van der Waals surface area contributed by atoms with Crippen molar-refractivity contribution in [3.63, 3.8) is 0 Å². The minimum absolute atomic E-state index is 0.0138. The maximum absolute atomic E-state index is 12.2. The van der Waals surface area contributed by atoms with Crippen molar-refractivity contribution in [2.75, 3.05) is 5.32 Å². The van der Waals surface area contributed by atoms with Gasteiger partial charge < -0.3 is 5.32 Å². The molecule has 0 aliphatic carbocycles. The number of nitrogens with one attached hydrogen (secondary N) is 1. The Bertz CT molecular complexity index is 805. The molecule has 1 aromatic heterocycles. The van der Waals surface area contributed by atoms with Gasteiger partial charge in [-0.2, -0.15) is 5.10 Å². The number of rotatable bonds is 4. The summed E-state index contributed by atoms with van der Waals surface area (Å²) in [4.78, 5) is 12.2. The predicted octanol–water partition coefficient (Wildman–Crippen LogP) is 3.67. The highest BCUT2D eigenvalue weighted by Gasteiger charge is 2.05. The van der Waals surface area contributed by atoms with Crippen LogP contribution in [-0.2, 0) is 11.2 Å². The second-order valence-electron chi connectivity index (χ2n) is 5.64. The van der Waals surface area contributed by atoms with Crippen LogP contribution >= 0.6 is 0 Å². The average Bonchev–Trinajstić information content (AvgIpc) is 3.06. The summed E-state index contributed by atoms with van der Waals surface area (Å²) in [6.45, 7) is 4.10. The SMILES string of the molecule is Cc1ccc(NC(=O)Cc2ccc(-n3cccn3)cc2)cc1C. The van der Waals surface area contributed by atoms with Gasteiger partial charge in [-0.25, -0.2) is 4.68 Å². The van der Waals surface area contributed by atoms with E-state index in [2.05, 4.69) is 17.3 Å². The lowest BCUT2D eigenvalue weighted by Crippen LogP contribution is -2.14. The summed E-state index contributed by atoms with van der Waals surface area (Å²) >= 11 is 0. The standard InChI is InChI=1S/C19H19N3O/c1-14-4-7-17(12-15(14)2)21-19(23)13-16-5-8-18(9-6-16)22-11-3-10-20-22/h3-12H,13H2,1-2H3,(H,21,23). The molecule has 0 fully saturated rings. The maximum Gasteiger partial charge on any atom is 0.228 e. The Labute approximate surface area is 135 Å². The Balaban J connectivity index is 1.64. The van der Waals surface area contributed by atoms with Gasteiger partial charge in [-0.1, -0.05) is 18.2 Å². The fraction of sp³-hybridized carbons (Fsp3) is 0.158. The van der Waals surface area contributed by atoms with Gasteiger partial charge in [0.15, 0.2) is 0 Å². The number of carbonyl (C=O) groups is 1. The predicted molar refractivity (Wildman–Crippen MR) is 91.8 cm³/mol. The number of aryl methyl sites for hydroxylation is 2. The molecule has 23 heavy (non-hydrogen) atoms. The number of nitrogens with zero attached hydrogens (tertiary/aromatic N) is 2. The van der Waals surface area contributed by atoms with Crippen LogP contribution in [0.2, 0.25) is 0 Å². The van der Waals surface area contributed by atoms with Crippen LogP contribution in [0.25, 0.3) is 5.69 Å². The molecule has 3 rings (SSSR count). The molecule has 1 N–H and O–H groups in total. The summed E-state index contributed by atoms with van der Waals surface area (Å²) < 4.78 is 1.79. The van der Waals surface area contributed by atoms with Crippen LogP contribution in [0.5, 0.6) is 0 Å². The van der Waals surface area contributed by atoms with E-state index in [1.165, 1.54) is 11.1 Å². The van der Waals surface area contributed by atoms with Gasteiger partial charge in [-0.15, -0.1) is 0 Å². The Hall–Kier alpha value is -2.88. The minimum atomic E-state index is -0.0138. The maximum atomic E-state index is 12.2. The van der Waals surface area contributed by atoms with Gasteiger partial charge >= 0.3 is 0 Å². The molecule has 0 spiro atoms. The Kier molecular flexibility index (Phi) is 4.24. The van der Waals surface area contributed by atoms with Gasteiger partial charge in [-0.3, -0.25) is 4.79 Å². The van der Waals surface area contributed by atoms with E-state index in [0.717, 1.165) is 16.9 Å².